The predicted molar refractivity (Wildman–Crippen MR) is 129 cm³/mol. The van der Waals surface area contributed by atoms with E-state index in [1.165, 1.54) is 6.92 Å². The summed E-state index contributed by atoms with van der Waals surface area (Å²) in [4.78, 5) is 25.2. The summed E-state index contributed by atoms with van der Waals surface area (Å²) >= 11 is 0. The highest BCUT2D eigenvalue weighted by molar-refractivity contribution is 5.83. The van der Waals surface area contributed by atoms with E-state index in [0.717, 1.165) is 22.3 Å². The molecule has 0 fully saturated rings. The number of nitrogens with one attached hydrogen (secondary N) is 2. The van der Waals surface area contributed by atoms with Crippen LogP contribution in [0.1, 0.15) is 36.3 Å². The number of carbonyl (C=O) groups is 1. The van der Waals surface area contributed by atoms with Gasteiger partial charge in [0.05, 0.1) is 45.9 Å². The second-order valence-corrected chi connectivity index (χ2v) is 8.03. The van der Waals surface area contributed by atoms with Gasteiger partial charge in [0.15, 0.2) is 11.5 Å². The van der Waals surface area contributed by atoms with Gasteiger partial charge < -0.3 is 29.3 Å². The molecule has 2 N–H and O–H groups in total. The third-order valence-electron chi connectivity index (χ3n) is 5.95. The summed E-state index contributed by atoms with van der Waals surface area (Å²) in [5.74, 6) is 2.10. The molecule has 3 aromatic rings. The summed E-state index contributed by atoms with van der Waals surface area (Å²) in [5, 5.41) is 6.16. The van der Waals surface area contributed by atoms with E-state index in [9.17, 15) is 9.59 Å². The Balaban J connectivity index is 1.93. The van der Waals surface area contributed by atoms with Gasteiger partial charge in [-0.3, -0.25) is 9.59 Å². The number of hydrogen-bond donors (Lipinski definition) is 2. The zero-order chi connectivity index (χ0) is 24.2. The molecule has 1 amide bonds. The van der Waals surface area contributed by atoms with Crippen LogP contribution in [0.2, 0.25) is 0 Å². The van der Waals surface area contributed by atoms with Crippen LogP contribution in [0.3, 0.4) is 0 Å². The Labute approximate surface area is 197 Å². The van der Waals surface area contributed by atoms with Gasteiger partial charge in [0, 0.05) is 12.5 Å². The monoisotopic (exact) mass is 464 g/mol. The van der Waals surface area contributed by atoms with Crippen LogP contribution in [0, 0.1) is 0 Å². The number of furan rings is 1. The number of hydrogen-bond acceptors (Lipinski definition) is 7. The molecular formula is C26H28N2O6. The summed E-state index contributed by atoms with van der Waals surface area (Å²) in [6.45, 7) is 1.85. The van der Waals surface area contributed by atoms with E-state index < -0.39 is 0 Å². The SMILES string of the molecule is COc1cc2c(c(OC)c1OC)-c1ccc(NCc3ccco3)c(=O)cc1[C@H](NC(C)=O)CC2. The average Bonchev–Trinajstić information content (AvgIpc) is 3.24. The molecule has 178 valence electrons. The van der Waals surface area contributed by atoms with Gasteiger partial charge in [0.2, 0.25) is 17.1 Å². The number of rotatable bonds is 7. The largest absolute Gasteiger partial charge is 0.493 e. The Morgan fingerprint density at radius 3 is 2.53 bits per heavy atom. The number of benzene rings is 1. The molecule has 0 radical (unpaired) electrons. The molecule has 0 saturated heterocycles. The Morgan fingerprint density at radius 2 is 1.88 bits per heavy atom. The Morgan fingerprint density at radius 1 is 1.09 bits per heavy atom. The van der Waals surface area contributed by atoms with Crippen molar-refractivity contribution in [3.8, 4) is 28.4 Å². The topological polar surface area (TPSA) is 99.0 Å². The Hall–Kier alpha value is -3.94. The third kappa shape index (κ3) is 4.44. The molecule has 34 heavy (non-hydrogen) atoms. The minimum absolute atomic E-state index is 0.167. The molecule has 1 atom stereocenters. The molecule has 1 aromatic heterocycles. The standard InChI is InChI=1S/C26H28N2O6/c1-15(29)28-20-9-7-16-12-23(31-2)25(32-3)26(33-4)24(16)18-8-10-21(22(30)13-19(18)20)27-14-17-6-5-11-34-17/h5-6,8,10-13,20H,7,9,14H2,1-4H3,(H,27,30)(H,28,29)/t20-/m1/s1. The van der Waals surface area contributed by atoms with Crippen molar-refractivity contribution in [3.63, 3.8) is 0 Å². The molecule has 0 bridgehead atoms. The van der Waals surface area contributed by atoms with Crippen molar-refractivity contribution in [1.29, 1.82) is 0 Å². The first kappa shape index (κ1) is 23.2. The quantitative estimate of drug-likeness (QED) is 0.544. The lowest BCUT2D eigenvalue weighted by Crippen LogP contribution is -2.26. The van der Waals surface area contributed by atoms with Crippen LogP contribution < -0.4 is 30.3 Å². The number of ether oxygens (including phenoxy) is 3. The highest BCUT2D eigenvalue weighted by Gasteiger charge is 2.29. The molecule has 8 heteroatoms. The fourth-order valence-corrected chi connectivity index (χ4v) is 4.45. The fourth-order valence-electron chi connectivity index (χ4n) is 4.45. The number of carbonyl (C=O) groups excluding carboxylic acids is 1. The average molecular weight is 465 g/mol. The predicted octanol–water partition coefficient (Wildman–Crippen LogP) is 4.07. The van der Waals surface area contributed by atoms with Crippen LogP contribution in [0.25, 0.3) is 11.1 Å². The second-order valence-electron chi connectivity index (χ2n) is 8.03. The van der Waals surface area contributed by atoms with Gasteiger partial charge in [-0.2, -0.15) is 0 Å². The van der Waals surface area contributed by atoms with Gasteiger partial charge in [-0.25, -0.2) is 0 Å². The van der Waals surface area contributed by atoms with Crippen LogP contribution in [0.5, 0.6) is 17.2 Å². The van der Waals surface area contributed by atoms with E-state index >= 15 is 0 Å². The van der Waals surface area contributed by atoms with Crippen LogP contribution in [-0.2, 0) is 17.8 Å². The Bertz CT molecular complexity index is 1250. The maximum Gasteiger partial charge on any atom is 0.217 e. The van der Waals surface area contributed by atoms with Crippen LogP contribution in [0.15, 0.2) is 51.9 Å². The van der Waals surface area contributed by atoms with Gasteiger partial charge in [-0.15, -0.1) is 0 Å². The lowest BCUT2D eigenvalue weighted by molar-refractivity contribution is -0.119. The fraction of sp³-hybridized carbons (Fsp3) is 0.308. The summed E-state index contributed by atoms with van der Waals surface area (Å²) in [5.41, 5.74) is 3.53. The minimum Gasteiger partial charge on any atom is -0.493 e. The maximum atomic E-state index is 13.2. The van der Waals surface area contributed by atoms with Gasteiger partial charge in [-0.1, -0.05) is 6.07 Å². The summed E-state index contributed by atoms with van der Waals surface area (Å²) in [6, 6.07) is 10.4. The van der Waals surface area contributed by atoms with E-state index in [0.29, 0.717) is 48.1 Å². The van der Waals surface area contributed by atoms with Crippen LogP contribution in [-0.4, -0.2) is 27.2 Å². The van der Waals surface area contributed by atoms with Crippen molar-refractivity contribution >= 4 is 11.6 Å². The molecular weight excluding hydrogens is 436 g/mol. The molecule has 0 unspecified atom stereocenters. The molecule has 1 aliphatic rings. The zero-order valence-electron chi connectivity index (χ0n) is 19.7. The van der Waals surface area contributed by atoms with E-state index in [2.05, 4.69) is 10.6 Å². The zero-order valence-corrected chi connectivity index (χ0v) is 19.7. The van der Waals surface area contributed by atoms with E-state index in [1.54, 1.807) is 45.8 Å². The van der Waals surface area contributed by atoms with Crippen molar-refractivity contribution in [1.82, 2.24) is 5.32 Å². The van der Waals surface area contributed by atoms with Crippen molar-refractivity contribution in [3.05, 3.63) is 69.8 Å². The number of fused-ring (bicyclic) bond motifs is 3. The van der Waals surface area contributed by atoms with Crippen molar-refractivity contribution in [2.45, 2.75) is 32.4 Å². The molecule has 0 spiro atoms. The van der Waals surface area contributed by atoms with E-state index in [4.69, 9.17) is 18.6 Å². The highest BCUT2D eigenvalue weighted by Crippen LogP contribution is 2.50. The lowest BCUT2D eigenvalue weighted by Gasteiger charge is -2.19. The van der Waals surface area contributed by atoms with Gasteiger partial charge in [-0.05, 0) is 59.9 Å². The highest BCUT2D eigenvalue weighted by atomic mass is 16.5. The van der Waals surface area contributed by atoms with Crippen molar-refractivity contribution in [2.75, 3.05) is 26.6 Å². The molecule has 4 rings (SSSR count). The van der Waals surface area contributed by atoms with Crippen molar-refractivity contribution in [2.24, 2.45) is 0 Å². The molecule has 8 nitrogen and oxygen atoms in total. The molecule has 1 aliphatic carbocycles. The van der Waals surface area contributed by atoms with Crippen LogP contribution >= 0.6 is 0 Å². The number of anilines is 1. The van der Waals surface area contributed by atoms with Crippen molar-refractivity contribution < 1.29 is 23.4 Å². The maximum absolute atomic E-state index is 13.2. The first-order chi connectivity index (χ1) is 16.5. The number of aryl methyl sites for hydroxylation is 1. The summed E-state index contributed by atoms with van der Waals surface area (Å²) < 4.78 is 22.3. The molecule has 1 heterocycles. The Kier molecular flexibility index (Phi) is 6.77. The third-order valence-corrected chi connectivity index (χ3v) is 5.95. The molecule has 0 saturated carbocycles. The summed E-state index contributed by atoms with van der Waals surface area (Å²) in [7, 11) is 4.71. The number of methoxy groups -OCH3 is 3. The second kappa shape index (κ2) is 9.91. The normalized spacial score (nSPS) is 14.3. The smallest absolute Gasteiger partial charge is 0.217 e. The van der Waals surface area contributed by atoms with Crippen LogP contribution in [0.4, 0.5) is 5.69 Å². The van der Waals surface area contributed by atoms with E-state index in [1.807, 2.05) is 18.2 Å². The molecule has 2 aromatic carbocycles. The number of amides is 1. The van der Waals surface area contributed by atoms with E-state index in [-0.39, 0.29) is 17.4 Å². The van der Waals surface area contributed by atoms with Gasteiger partial charge in [0.1, 0.15) is 5.76 Å². The summed E-state index contributed by atoms with van der Waals surface area (Å²) in [6.07, 6.45) is 2.84. The minimum atomic E-state index is -0.348. The molecule has 0 aliphatic heterocycles. The first-order valence-corrected chi connectivity index (χ1v) is 11.0. The van der Waals surface area contributed by atoms with Gasteiger partial charge in [0.25, 0.3) is 0 Å². The first-order valence-electron chi connectivity index (χ1n) is 11.0. The lowest BCUT2D eigenvalue weighted by atomic mass is 9.95. The van der Waals surface area contributed by atoms with Gasteiger partial charge >= 0.3 is 0 Å².